The lowest BCUT2D eigenvalue weighted by molar-refractivity contribution is -0.130. The van der Waals surface area contributed by atoms with Crippen molar-refractivity contribution in [1.82, 2.24) is 24.8 Å². The molecule has 2 aromatic heterocycles. The average molecular weight is 436 g/mol. The molecule has 4 heterocycles. The molecule has 170 valence electrons. The number of aromatic amines is 1. The molecule has 7 nitrogen and oxygen atoms in total. The maximum Gasteiger partial charge on any atom is 0.255 e. The number of aromatic nitrogens is 3. The van der Waals surface area contributed by atoms with Gasteiger partial charge in [-0.2, -0.15) is 0 Å². The van der Waals surface area contributed by atoms with Crippen LogP contribution in [0.25, 0.3) is 0 Å². The highest BCUT2D eigenvalue weighted by Gasteiger charge is 2.31. The molecule has 0 radical (unpaired) electrons. The van der Waals surface area contributed by atoms with Gasteiger partial charge < -0.3 is 9.88 Å². The number of fused-ring (bicyclic) bond motifs is 1. The predicted octanol–water partition coefficient (Wildman–Crippen LogP) is 3.01. The molecule has 0 unspecified atom stereocenters. The zero-order valence-corrected chi connectivity index (χ0v) is 18.8. The van der Waals surface area contributed by atoms with Crippen molar-refractivity contribution in [3.63, 3.8) is 0 Å². The normalized spacial score (nSPS) is 21.8. The molecule has 2 fully saturated rings. The molecule has 1 saturated carbocycles. The zero-order valence-electron chi connectivity index (χ0n) is 18.8. The molecule has 1 saturated heterocycles. The summed E-state index contributed by atoms with van der Waals surface area (Å²) in [5, 5.41) is 0. The van der Waals surface area contributed by atoms with Crippen LogP contribution in [0.3, 0.4) is 0 Å². The standard InChI is InChI=1S/C25H33N5O2/c31-23(8-7-18-4-1-2-5-18)30-13-9-20(16-30)24-27-22-10-12-29(17-21(22)25(32)28-24)15-19-6-3-11-26-14-19/h3,6,11,14,18,20H,1-2,4-5,7-10,12-13,15-17H2,(H,27,28,32)/t20-/m0/s1. The Kier molecular flexibility index (Phi) is 6.35. The van der Waals surface area contributed by atoms with Crippen molar-refractivity contribution in [2.45, 2.75) is 70.4 Å². The SMILES string of the molecule is O=C(CCC1CCCC1)N1CC[C@H](c2nc3c(c(=O)[nH]2)CN(Cc2cccnc2)CC3)C1. The first-order valence-corrected chi connectivity index (χ1v) is 12.2. The van der Waals surface area contributed by atoms with Gasteiger partial charge in [0.15, 0.2) is 0 Å². The van der Waals surface area contributed by atoms with Crippen LogP contribution in [0.15, 0.2) is 29.3 Å². The molecule has 2 aliphatic heterocycles. The Morgan fingerprint density at radius 1 is 1.19 bits per heavy atom. The third-order valence-corrected chi connectivity index (χ3v) is 7.46. The van der Waals surface area contributed by atoms with Crippen LogP contribution in [0.4, 0.5) is 0 Å². The van der Waals surface area contributed by atoms with Crippen molar-refractivity contribution >= 4 is 5.91 Å². The van der Waals surface area contributed by atoms with Gasteiger partial charge in [0.2, 0.25) is 5.91 Å². The van der Waals surface area contributed by atoms with Crippen LogP contribution in [0.2, 0.25) is 0 Å². The van der Waals surface area contributed by atoms with E-state index in [1.807, 2.05) is 17.2 Å². The van der Waals surface area contributed by atoms with Gasteiger partial charge in [-0.25, -0.2) is 4.98 Å². The second-order valence-electron chi connectivity index (χ2n) is 9.71. The molecule has 32 heavy (non-hydrogen) atoms. The monoisotopic (exact) mass is 435 g/mol. The molecule has 1 aliphatic carbocycles. The highest BCUT2D eigenvalue weighted by molar-refractivity contribution is 5.76. The van der Waals surface area contributed by atoms with Crippen LogP contribution in [0.1, 0.15) is 73.5 Å². The second-order valence-corrected chi connectivity index (χ2v) is 9.71. The van der Waals surface area contributed by atoms with Gasteiger partial charge in [-0.1, -0.05) is 31.7 Å². The Hall–Kier alpha value is -2.54. The molecule has 0 spiro atoms. The van der Waals surface area contributed by atoms with E-state index >= 15 is 0 Å². The van der Waals surface area contributed by atoms with Gasteiger partial charge in [-0.15, -0.1) is 0 Å². The number of carbonyl (C=O) groups excluding carboxylic acids is 1. The number of hydrogen-bond acceptors (Lipinski definition) is 5. The zero-order chi connectivity index (χ0) is 21.9. The molecule has 0 aromatic carbocycles. The summed E-state index contributed by atoms with van der Waals surface area (Å²) in [5.74, 6) is 1.91. The molecule has 3 aliphatic rings. The molecule has 1 N–H and O–H groups in total. The van der Waals surface area contributed by atoms with E-state index in [0.717, 1.165) is 67.5 Å². The fourth-order valence-corrected chi connectivity index (χ4v) is 5.57. The Labute approximate surface area is 189 Å². The van der Waals surface area contributed by atoms with Gasteiger partial charge in [-0.3, -0.25) is 19.5 Å². The Bertz CT molecular complexity index is 999. The van der Waals surface area contributed by atoms with Crippen LogP contribution in [0.5, 0.6) is 0 Å². The van der Waals surface area contributed by atoms with E-state index in [-0.39, 0.29) is 17.4 Å². The van der Waals surface area contributed by atoms with Gasteiger partial charge in [0.05, 0.1) is 11.3 Å². The summed E-state index contributed by atoms with van der Waals surface area (Å²) in [7, 11) is 0. The van der Waals surface area contributed by atoms with E-state index in [1.54, 1.807) is 6.20 Å². The molecule has 2 aromatic rings. The first kappa shape index (κ1) is 21.3. The summed E-state index contributed by atoms with van der Waals surface area (Å²) in [5.41, 5.74) is 2.84. The van der Waals surface area contributed by atoms with E-state index in [4.69, 9.17) is 4.98 Å². The van der Waals surface area contributed by atoms with Gasteiger partial charge in [0, 0.05) is 63.9 Å². The molecule has 7 heteroatoms. The maximum atomic E-state index is 12.9. The van der Waals surface area contributed by atoms with E-state index in [1.165, 1.54) is 25.7 Å². The fraction of sp³-hybridized carbons (Fsp3) is 0.600. The second kappa shape index (κ2) is 9.53. The average Bonchev–Trinajstić information content (AvgIpc) is 3.51. The Balaban J connectivity index is 1.20. The van der Waals surface area contributed by atoms with Gasteiger partial charge in [-0.05, 0) is 30.4 Å². The lowest BCUT2D eigenvalue weighted by Crippen LogP contribution is -2.36. The number of H-pyrrole nitrogens is 1. The van der Waals surface area contributed by atoms with Gasteiger partial charge >= 0.3 is 0 Å². The van der Waals surface area contributed by atoms with Crippen molar-refractivity contribution < 1.29 is 4.79 Å². The highest BCUT2D eigenvalue weighted by atomic mass is 16.2. The van der Waals surface area contributed by atoms with Crippen molar-refractivity contribution in [2.75, 3.05) is 19.6 Å². The number of hydrogen-bond donors (Lipinski definition) is 1. The minimum absolute atomic E-state index is 0.0214. The number of likely N-dealkylation sites (tertiary alicyclic amines) is 1. The number of nitrogens with one attached hydrogen (secondary N) is 1. The molecule has 0 bridgehead atoms. The Morgan fingerprint density at radius 3 is 2.88 bits per heavy atom. The third kappa shape index (κ3) is 4.77. The van der Waals surface area contributed by atoms with Crippen LogP contribution in [-0.2, 0) is 24.3 Å². The number of pyridine rings is 1. The molecule has 1 atom stereocenters. The molecular weight excluding hydrogens is 402 g/mol. The number of nitrogens with zero attached hydrogens (tertiary/aromatic N) is 4. The number of rotatable bonds is 6. The van der Waals surface area contributed by atoms with Gasteiger partial charge in [0.25, 0.3) is 5.56 Å². The quantitative estimate of drug-likeness (QED) is 0.754. The fourth-order valence-electron chi connectivity index (χ4n) is 5.57. The molecular formula is C25H33N5O2. The van der Waals surface area contributed by atoms with E-state index < -0.39 is 0 Å². The van der Waals surface area contributed by atoms with Crippen molar-refractivity contribution in [3.05, 3.63) is 57.5 Å². The topological polar surface area (TPSA) is 82.2 Å². The largest absolute Gasteiger partial charge is 0.342 e. The first-order valence-electron chi connectivity index (χ1n) is 12.2. The van der Waals surface area contributed by atoms with E-state index in [0.29, 0.717) is 19.5 Å². The number of carbonyl (C=O) groups is 1. The summed E-state index contributed by atoms with van der Waals surface area (Å²) in [4.78, 5) is 41.9. The summed E-state index contributed by atoms with van der Waals surface area (Å²) in [6.07, 6.45) is 12.2. The lowest BCUT2D eigenvalue weighted by atomic mass is 10.0. The first-order chi connectivity index (χ1) is 15.7. The maximum absolute atomic E-state index is 12.9. The minimum Gasteiger partial charge on any atom is -0.342 e. The minimum atomic E-state index is -0.0214. The van der Waals surface area contributed by atoms with Crippen LogP contribution in [-0.4, -0.2) is 50.3 Å². The van der Waals surface area contributed by atoms with Crippen molar-refractivity contribution in [1.29, 1.82) is 0 Å². The van der Waals surface area contributed by atoms with Crippen molar-refractivity contribution in [2.24, 2.45) is 5.92 Å². The summed E-state index contributed by atoms with van der Waals surface area (Å²) in [6.45, 7) is 3.73. The summed E-state index contributed by atoms with van der Waals surface area (Å²) in [6, 6.07) is 4.01. The Morgan fingerprint density at radius 2 is 2.06 bits per heavy atom. The van der Waals surface area contributed by atoms with Crippen LogP contribution < -0.4 is 5.56 Å². The van der Waals surface area contributed by atoms with Gasteiger partial charge in [0.1, 0.15) is 5.82 Å². The third-order valence-electron chi connectivity index (χ3n) is 7.46. The van der Waals surface area contributed by atoms with E-state index in [9.17, 15) is 9.59 Å². The lowest BCUT2D eigenvalue weighted by Gasteiger charge is -2.28. The summed E-state index contributed by atoms with van der Waals surface area (Å²) < 4.78 is 0. The van der Waals surface area contributed by atoms with Crippen molar-refractivity contribution in [3.8, 4) is 0 Å². The van der Waals surface area contributed by atoms with Crippen LogP contribution in [0, 0.1) is 5.92 Å². The smallest absolute Gasteiger partial charge is 0.255 e. The van der Waals surface area contributed by atoms with E-state index in [2.05, 4.69) is 20.9 Å². The summed E-state index contributed by atoms with van der Waals surface area (Å²) >= 11 is 0. The molecule has 5 rings (SSSR count). The number of amides is 1. The predicted molar refractivity (Wildman–Crippen MR) is 122 cm³/mol. The highest BCUT2D eigenvalue weighted by Crippen LogP contribution is 2.30. The molecule has 1 amide bonds. The van der Waals surface area contributed by atoms with Crippen LogP contribution >= 0.6 is 0 Å².